The lowest BCUT2D eigenvalue weighted by Gasteiger charge is -1.89. The van der Waals surface area contributed by atoms with Crippen LogP contribution in [0.25, 0.3) is 0 Å². The van der Waals surface area contributed by atoms with E-state index in [1.807, 2.05) is 0 Å². The Morgan fingerprint density at radius 3 is 3.00 bits per heavy atom. The largest absolute Gasteiger partial charge is 0.477 e. The molecule has 4 nitrogen and oxygen atoms in total. The van der Waals surface area contributed by atoms with E-state index in [-0.39, 0.29) is 6.61 Å². The van der Waals surface area contributed by atoms with Crippen LogP contribution in [0.2, 0.25) is 0 Å². The van der Waals surface area contributed by atoms with E-state index in [1.54, 1.807) is 0 Å². The maximum atomic E-state index is 9.70. The Labute approximate surface area is 57.1 Å². The van der Waals surface area contributed by atoms with Crippen LogP contribution < -0.4 is 0 Å². The Morgan fingerprint density at radius 1 is 1.89 bits per heavy atom. The molecule has 0 aromatic rings. The Hall–Kier alpha value is -0.770. The molecular weight excluding hydrogens is 146 g/mol. The molecule has 0 bridgehead atoms. The van der Waals surface area contributed by atoms with E-state index in [9.17, 15) is 4.79 Å². The molecule has 0 saturated heterocycles. The van der Waals surface area contributed by atoms with Gasteiger partial charge in [0.15, 0.2) is 6.21 Å². The number of oxime groups is 1. The van der Waals surface area contributed by atoms with Gasteiger partial charge in [0, 0.05) is 0 Å². The van der Waals surface area contributed by atoms with Gasteiger partial charge in [0.05, 0.1) is 5.88 Å². The molecule has 0 unspecified atom stereocenters. The lowest BCUT2D eigenvalue weighted by molar-refractivity contribution is -0.129. The number of alkyl halides is 1. The summed E-state index contributed by atoms with van der Waals surface area (Å²) in [6, 6.07) is 0. The van der Waals surface area contributed by atoms with Gasteiger partial charge < -0.3 is 9.94 Å². The second kappa shape index (κ2) is 5.37. The first-order valence-corrected chi connectivity index (χ1v) is 2.75. The molecule has 0 aliphatic heterocycles. The van der Waals surface area contributed by atoms with Crippen LogP contribution in [0.1, 0.15) is 0 Å². The van der Waals surface area contributed by atoms with Crippen LogP contribution in [-0.2, 0) is 9.63 Å². The Kier molecular flexibility index (Phi) is 4.91. The number of nitrogens with zero attached hydrogens (tertiary/aromatic N) is 1. The molecule has 0 aromatic heterocycles. The predicted molar refractivity (Wildman–Crippen MR) is 32.8 cm³/mol. The van der Waals surface area contributed by atoms with Gasteiger partial charge in [-0.15, -0.1) is 11.6 Å². The van der Waals surface area contributed by atoms with E-state index >= 15 is 0 Å². The fourth-order valence-electron chi connectivity index (χ4n) is 0.170. The topological polar surface area (TPSA) is 58.9 Å². The Bertz CT molecular complexity index is 114. The molecule has 5 heteroatoms. The molecule has 0 fully saturated rings. The summed E-state index contributed by atoms with van der Waals surface area (Å²) in [6.07, 6.45) is 0.659. The van der Waals surface area contributed by atoms with Crippen LogP contribution in [0.15, 0.2) is 5.16 Å². The van der Waals surface area contributed by atoms with Gasteiger partial charge in [-0.25, -0.2) is 4.79 Å². The van der Waals surface area contributed by atoms with Gasteiger partial charge in [-0.1, -0.05) is 5.16 Å². The van der Waals surface area contributed by atoms with Gasteiger partial charge in [-0.05, 0) is 0 Å². The molecule has 0 saturated carbocycles. The van der Waals surface area contributed by atoms with Crippen molar-refractivity contribution in [1.29, 1.82) is 0 Å². The van der Waals surface area contributed by atoms with Crippen molar-refractivity contribution in [2.45, 2.75) is 0 Å². The maximum Gasteiger partial charge on any atom is 0.350 e. The highest BCUT2D eigenvalue weighted by molar-refractivity contribution is 6.21. The van der Waals surface area contributed by atoms with Crippen LogP contribution in [0, 0.1) is 0 Å². The lowest BCUT2D eigenvalue weighted by atomic mass is 10.8. The summed E-state index contributed by atoms with van der Waals surface area (Å²) in [7, 11) is 0. The molecule has 9 heavy (non-hydrogen) atoms. The Balaban J connectivity index is 3.15. The maximum absolute atomic E-state index is 9.70. The summed E-state index contributed by atoms with van der Waals surface area (Å²) < 4.78 is 0. The van der Waals surface area contributed by atoms with Gasteiger partial charge in [0.25, 0.3) is 0 Å². The van der Waals surface area contributed by atoms with Crippen molar-refractivity contribution >= 4 is 23.8 Å². The van der Waals surface area contributed by atoms with Crippen LogP contribution in [-0.4, -0.2) is 29.8 Å². The highest BCUT2D eigenvalue weighted by Gasteiger charge is 1.85. The van der Waals surface area contributed by atoms with E-state index in [0.717, 1.165) is 0 Å². The van der Waals surface area contributed by atoms with Crippen molar-refractivity contribution in [3.8, 4) is 0 Å². The highest BCUT2D eigenvalue weighted by atomic mass is 35.5. The van der Waals surface area contributed by atoms with Crippen LogP contribution >= 0.6 is 11.6 Å². The van der Waals surface area contributed by atoms with Gasteiger partial charge in [0.1, 0.15) is 6.61 Å². The van der Waals surface area contributed by atoms with Gasteiger partial charge >= 0.3 is 5.97 Å². The molecule has 0 aromatic carbocycles. The molecule has 0 amide bonds. The van der Waals surface area contributed by atoms with E-state index in [0.29, 0.717) is 12.1 Å². The quantitative estimate of drug-likeness (QED) is 0.272. The summed E-state index contributed by atoms with van der Waals surface area (Å²) in [5, 5.41) is 11.0. The normalized spacial score (nSPS) is 9.89. The monoisotopic (exact) mass is 151 g/mol. The molecule has 0 rings (SSSR count). The summed E-state index contributed by atoms with van der Waals surface area (Å²) in [5.41, 5.74) is 0. The lowest BCUT2D eigenvalue weighted by Crippen LogP contribution is -1.97. The zero-order chi connectivity index (χ0) is 7.11. The van der Waals surface area contributed by atoms with Crippen LogP contribution in [0.5, 0.6) is 0 Å². The second-order valence-electron chi connectivity index (χ2n) is 1.09. The molecule has 0 aliphatic carbocycles. The smallest absolute Gasteiger partial charge is 0.350 e. The fourth-order valence-corrected chi connectivity index (χ4v) is 0.239. The van der Waals surface area contributed by atoms with Gasteiger partial charge in [0.2, 0.25) is 0 Å². The van der Waals surface area contributed by atoms with Crippen molar-refractivity contribution in [3.05, 3.63) is 0 Å². The van der Waals surface area contributed by atoms with Crippen molar-refractivity contribution in [3.63, 3.8) is 0 Å². The van der Waals surface area contributed by atoms with E-state index in [1.165, 1.54) is 0 Å². The average molecular weight is 152 g/mol. The summed E-state index contributed by atoms with van der Waals surface area (Å²) in [5.74, 6) is -0.832. The molecule has 0 heterocycles. The number of aliphatic carboxylic acids is 1. The molecule has 0 spiro atoms. The van der Waals surface area contributed by atoms with Crippen molar-refractivity contribution in [2.24, 2.45) is 5.16 Å². The van der Waals surface area contributed by atoms with Crippen molar-refractivity contribution in [2.75, 3.05) is 12.5 Å². The van der Waals surface area contributed by atoms with Crippen LogP contribution in [0.3, 0.4) is 0 Å². The first kappa shape index (κ1) is 8.23. The first-order chi connectivity index (χ1) is 4.27. The number of rotatable bonds is 4. The zero-order valence-electron chi connectivity index (χ0n) is 4.58. The highest BCUT2D eigenvalue weighted by Crippen LogP contribution is 1.77. The average Bonchev–Trinajstić information content (AvgIpc) is 1.80. The SMILES string of the molecule is O=C(O)/C=N/OCCCl. The third-order valence-electron chi connectivity index (χ3n) is 0.406. The minimum atomic E-state index is -1.13. The van der Waals surface area contributed by atoms with Crippen molar-refractivity contribution < 1.29 is 14.7 Å². The van der Waals surface area contributed by atoms with E-state index in [4.69, 9.17) is 16.7 Å². The molecule has 52 valence electrons. The number of halogens is 1. The van der Waals surface area contributed by atoms with E-state index < -0.39 is 5.97 Å². The van der Waals surface area contributed by atoms with Gasteiger partial charge in [-0.3, -0.25) is 0 Å². The number of carboxylic acids is 1. The molecule has 0 radical (unpaired) electrons. The third kappa shape index (κ3) is 7.23. The number of carboxylic acid groups (broad SMARTS) is 1. The van der Waals surface area contributed by atoms with Crippen molar-refractivity contribution in [1.82, 2.24) is 0 Å². The zero-order valence-corrected chi connectivity index (χ0v) is 5.34. The van der Waals surface area contributed by atoms with Gasteiger partial charge in [-0.2, -0.15) is 0 Å². The summed E-state index contributed by atoms with van der Waals surface area (Å²) >= 11 is 5.17. The number of hydrogen-bond donors (Lipinski definition) is 1. The third-order valence-corrected chi connectivity index (χ3v) is 0.560. The summed E-state index contributed by atoms with van der Waals surface area (Å²) in [6.45, 7) is 0.228. The molecule has 0 atom stereocenters. The Morgan fingerprint density at radius 2 is 2.56 bits per heavy atom. The first-order valence-electron chi connectivity index (χ1n) is 2.21. The molecule has 1 N–H and O–H groups in total. The van der Waals surface area contributed by atoms with E-state index in [2.05, 4.69) is 9.99 Å². The van der Waals surface area contributed by atoms with Crippen LogP contribution in [0.4, 0.5) is 0 Å². The minimum absolute atomic E-state index is 0.228. The minimum Gasteiger partial charge on any atom is -0.477 e. The standard InChI is InChI=1S/C4H6ClNO3/c5-1-2-9-6-3-4(7)8/h3H,1-2H2,(H,7,8)/b6-3+. The second-order valence-corrected chi connectivity index (χ2v) is 1.47. The number of carbonyl (C=O) groups is 1. The predicted octanol–water partition coefficient (Wildman–Crippen LogP) is 0.312. The molecular formula is C4H6ClNO3. The fraction of sp³-hybridized carbons (Fsp3) is 0.500. The molecule has 0 aliphatic rings. The summed E-state index contributed by atoms with van der Waals surface area (Å²) in [4.78, 5) is 14.1. The number of hydrogen-bond acceptors (Lipinski definition) is 3.